The number of hydrogen-bond donors (Lipinski definition) is 1. The molecule has 3 aromatic rings. The van der Waals surface area contributed by atoms with Crippen LogP contribution in [0, 0.1) is 0 Å². The summed E-state index contributed by atoms with van der Waals surface area (Å²) in [5.74, 6) is 1.08. The van der Waals surface area contributed by atoms with Crippen LogP contribution in [0.5, 0.6) is 17.2 Å². The zero-order valence-electron chi connectivity index (χ0n) is 10.0. The first-order valence-corrected chi connectivity index (χ1v) is 6.47. The number of fused-ring (bicyclic) bond motifs is 1. The predicted octanol–water partition coefficient (Wildman–Crippen LogP) is 4.43. The number of phenols is 1. The molecule has 1 aromatic heterocycles. The molecular weight excluding hydrogens is 299 g/mol. The molecule has 0 radical (unpaired) electrons. The summed E-state index contributed by atoms with van der Waals surface area (Å²) in [6, 6.07) is 12.1. The normalized spacial score (nSPS) is 10.7. The largest absolute Gasteiger partial charge is 0.508 e. The highest BCUT2D eigenvalue weighted by atomic mass is 35.5. The Balaban J connectivity index is 2.00. The second kappa shape index (κ2) is 5.15. The van der Waals surface area contributed by atoms with Crippen LogP contribution < -0.4 is 4.74 Å². The lowest BCUT2D eigenvalue weighted by Gasteiger charge is -2.08. The average Bonchev–Trinajstić information content (AvgIpc) is 2.42. The van der Waals surface area contributed by atoms with Crippen LogP contribution in [0.1, 0.15) is 0 Å². The van der Waals surface area contributed by atoms with Gasteiger partial charge in [0.25, 0.3) is 0 Å². The molecule has 100 valence electrons. The third-order valence-corrected chi connectivity index (χ3v) is 3.16. The maximum atomic E-state index is 9.49. The SMILES string of the molecule is Oc1ccc2ccc(Oc3cc(Cl)nnc3Cl)cc2c1. The van der Waals surface area contributed by atoms with E-state index in [0.717, 1.165) is 10.8 Å². The van der Waals surface area contributed by atoms with E-state index in [4.69, 9.17) is 27.9 Å². The molecule has 1 N–H and O–H groups in total. The number of nitrogens with zero attached hydrogens (tertiary/aromatic N) is 2. The van der Waals surface area contributed by atoms with Gasteiger partial charge < -0.3 is 9.84 Å². The summed E-state index contributed by atoms with van der Waals surface area (Å²) < 4.78 is 5.64. The van der Waals surface area contributed by atoms with E-state index in [9.17, 15) is 5.11 Å². The van der Waals surface area contributed by atoms with Gasteiger partial charge in [-0.1, -0.05) is 35.3 Å². The summed E-state index contributed by atoms with van der Waals surface area (Å²) in [5.41, 5.74) is 0. The molecule has 6 heteroatoms. The van der Waals surface area contributed by atoms with Crippen LogP contribution in [0.3, 0.4) is 0 Å². The summed E-state index contributed by atoms with van der Waals surface area (Å²) in [7, 11) is 0. The van der Waals surface area contributed by atoms with Crippen LogP contribution >= 0.6 is 23.2 Å². The monoisotopic (exact) mass is 306 g/mol. The molecule has 20 heavy (non-hydrogen) atoms. The summed E-state index contributed by atoms with van der Waals surface area (Å²) in [6.07, 6.45) is 0. The first-order chi connectivity index (χ1) is 9.61. The molecule has 0 saturated carbocycles. The number of phenolic OH excluding ortho intramolecular Hbond substituents is 1. The third kappa shape index (κ3) is 2.61. The Morgan fingerprint density at radius 3 is 2.55 bits per heavy atom. The molecule has 0 atom stereocenters. The Bertz CT molecular complexity index is 793. The van der Waals surface area contributed by atoms with Gasteiger partial charge in [0, 0.05) is 6.07 Å². The zero-order chi connectivity index (χ0) is 14.1. The first kappa shape index (κ1) is 13.0. The molecule has 0 amide bonds. The Labute approximate surface area is 124 Å². The Hall–Kier alpha value is -2.04. The molecule has 3 rings (SSSR count). The summed E-state index contributed by atoms with van der Waals surface area (Å²) >= 11 is 11.6. The van der Waals surface area contributed by atoms with E-state index in [-0.39, 0.29) is 16.1 Å². The molecule has 1 heterocycles. The lowest BCUT2D eigenvalue weighted by Crippen LogP contribution is -1.90. The zero-order valence-corrected chi connectivity index (χ0v) is 11.6. The van der Waals surface area contributed by atoms with Gasteiger partial charge in [-0.25, -0.2) is 0 Å². The van der Waals surface area contributed by atoms with E-state index in [0.29, 0.717) is 11.5 Å². The van der Waals surface area contributed by atoms with E-state index in [2.05, 4.69) is 10.2 Å². The lowest BCUT2D eigenvalue weighted by atomic mass is 10.1. The van der Waals surface area contributed by atoms with Gasteiger partial charge in [0.15, 0.2) is 16.1 Å². The summed E-state index contributed by atoms with van der Waals surface area (Å²) in [6.45, 7) is 0. The second-order valence-corrected chi connectivity index (χ2v) is 4.86. The molecule has 0 aliphatic rings. The molecule has 4 nitrogen and oxygen atoms in total. The van der Waals surface area contributed by atoms with Crippen LogP contribution in [-0.2, 0) is 0 Å². The molecule has 0 aliphatic carbocycles. The van der Waals surface area contributed by atoms with E-state index in [1.807, 2.05) is 12.1 Å². The van der Waals surface area contributed by atoms with Gasteiger partial charge in [-0.3, -0.25) is 0 Å². The minimum atomic E-state index is 0.130. The summed E-state index contributed by atoms with van der Waals surface area (Å²) in [4.78, 5) is 0. The van der Waals surface area contributed by atoms with Crippen molar-refractivity contribution in [3.05, 3.63) is 52.8 Å². The maximum absolute atomic E-state index is 9.49. The molecule has 0 saturated heterocycles. The Kier molecular flexibility index (Phi) is 3.34. The molecule has 0 bridgehead atoms. The van der Waals surface area contributed by atoms with E-state index in [1.165, 1.54) is 6.07 Å². The van der Waals surface area contributed by atoms with Gasteiger partial charge in [0.2, 0.25) is 0 Å². The number of rotatable bonds is 2. The molecule has 0 fully saturated rings. The van der Waals surface area contributed by atoms with Crippen molar-refractivity contribution < 1.29 is 9.84 Å². The van der Waals surface area contributed by atoms with Crippen molar-refractivity contribution in [3.63, 3.8) is 0 Å². The number of halogens is 2. The number of benzene rings is 2. The standard InChI is InChI=1S/C14H8Cl2N2O2/c15-13-7-12(14(16)18-17-13)20-11-4-2-8-1-3-10(19)5-9(8)6-11/h1-7,19H. The highest BCUT2D eigenvalue weighted by Gasteiger charge is 2.07. The van der Waals surface area contributed by atoms with Crippen molar-refractivity contribution in [1.82, 2.24) is 10.2 Å². The van der Waals surface area contributed by atoms with E-state index in [1.54, 1.807) is 24.3 Å². The van der Waals surface area contributed by atoms with Crippen LogP contribution in [0.15, 0.2) is 42.5 Å². The van der Waals surface area contributed by atoms with Crippen molar-refractivity contribution in [2.45, 2.75) is 0 Å². The Morgan fingerprint density at radius 1 is 0.900 bits per heavy atom. The fourth-order valence-corrected chi connectivity index (χ4v) is 2.08. The average molecular weight is 307 g/mol. The number of aromatic hydroxyl groups is 1. The summed E-state index contributed by atoms with van der Waals surface area (Å²) in [5, 5.41) is 18.9. The highest BCUT2D eigenvalue weighted by Crippen LogP contribution is 2.31. The van der Waals surface area contributed by atoms with Gasteiger partial charge in [-0.15, -0.1) is 10.2 Å². The highest BCUT2D eigenvalue weighted by molar-refractivity contribution is 6.32. The lowest BCUT2D eigenvalue weighted by molar-refractivity contribution is 0.475. The fraction of sp³-hybridized carbons (Fsp3) is 0. The number of hydrogen-bond acceptors (Lipinski definition) is 4. The molecule has 2 aromatic carbocycles. The van der Waals surface area contributed by atoms with Gasteiger partial charge in [-0.05, 0) is 35.0 Å². The van der Waals surface area contributed by atoms with Gasteiger partial charge in [0.05, 0.1) is 0 Å². The predicted molar refractivity (Wildman–Crippen MR) is 77.7 cm³/mol. The van der Waals surface area contributed by atoms with Crippen molar-refractivity contribution in [2.24, 2.45) is 0 Å². The minimum Gasteiger partial charge on any atom is -0.508 e. The van der Waals surface area contributed by atoms with Crippen molar-refractivity contribution in [2.75, 3.05) is 0 Å². The van der Waals surface area contributed by atoms with Crippen LogP contribution in [0.4, 0.5) is 0 Å². The van der Waals surface area contributed by atoms with Gasteiger partial charge in [-0.2, -0.15) is 0 Å². The van der Waals surface area contributed by atoms with Gasteiger partial charge in [0.1, 0.15) is 11.5 Å². The minimum absolute atomic E-state index is 0.130. The third-order valence-electron chi connectivity index (χ3n) is 2.71. The molecule has 0 aliphatic heterocycles. The fourth-order valence-electron chi connectivity index (χ4n) is 1.81. The van der Waals surface area contributed by atoms with Crippen molar-refractivity contribution >= 4 is 34.0 Å². The topological polar surface area (TPSA) is 55.2 Å². The number of ether oxygens (including phenoxy) is 1. The van der Waals surface area contributed by atoms with Crippen LogP contribution in [-0.4, -0.2) is 15.3 Å². The quantitative estimate of drug-likeness (QED) is 0.760. The molecule has 0 unspecified atom stereocenters. The van der Waals surface area contributed by atoms with Crippen molar-refractivity contribution in [1.29, 1.82) is 0 Å². The Morgan fingerprint density at radius 2 is 1.70 bits per heavy atom. The number of aromatic nitrogens is 2. The molecular formula is C14H8Cl2N2O2. The van der Waals surface area contributed by atoms with E-state index >= 15 is 0 Å². The van der Waals surface area contributed by atoms with Crippen molar-refractivity contribution in [3.8, 4) is 17.2 Å². The van der Waals surface area contributed by atoms with E-state index < -0.39 is 0 Å². The smallest absolute Gasteiger partial charge is 0.194 e. The second-order valence-electron chi connectivity index (χ2n) is 4.12. The maximum Gasteiger partial charge on any atom is 0.194 e. The molecule has 0 spiro atoms. The van der Waals surface area contributed by atoms with Crippen LogP contribution in [0.2, 0.25) is 10.3 Å². The first-order valence-electron chi connectivity index (χ1n) is 5.71. The van der Waals surface area contributed by atoms with Gasteiger partial charge >= 0.3 is 0 Å². The van der Waals surface area contributed by atoms with Crippen LogP contribution in [0.25, 0.3) is 10.8 Å².